The van der Waals surface area contributed by atoms with Gasteiger partial charge >= 0.3 is 0 Å². The Kier molecular flexibility index (Phi) is 3.05. The van der Waals surface area contributed by atoms with E-state index in [1.54, 1.807) is 0 Å². The minimum absolute atomic E-state index is 0.982. The molecule has 0 saturated carbocycles. The predicted molar refractivity (Wildman–Crippen MR) is 65.1 cm³/mol. The van der Waals surface area contributed by atoms with Crippen molar-refractivity contribution in [2.75, 3.05) is 18.0 Å². The van der Waals surface area contributed by atoms with Crippen molar-refractivity contribution >= 4 is 11.9 Å². The molecule has 80 valence electrons. The quantitative estimate of drug-likeness (QED) is 0.733. The predicted octanol–water partition coefficient (Wildman–Crippen LogP) is 3.02. The fraction of sp³-hybridized carbons (Fsp3) is 0.462. The van der Waals surface area contributed by atoms with E-state index in [1.165, 1.54) is 24.8 Å². The summed E-state index contributed by atoms with van der Waals surface area (Å²) >= 11 is 0. The SMILES string of the molecule is C=Cc1cc(C)cc(N2CCCCC2)n1. The molecule has 1 aliphatic rings. The molecule has 0 bridgehead atoms. The van der Waals surface area contributed by atoms with Gasteiger partial charge in [-0.2, -0.15) is 0 Å². The van der Waals surface area contributed by atoms with Gasteiger partial charge in [0.1, 0.15) is 5.82 Å². The van der Waals surface area contributed by atoms with Crippen LogP contribution in [0.5, 0.6) is 0 Å². The molecule has 2 heteroatoms. The second-order valence-electron chi connectivity index (χ2n) is 4.18. The molecule has 1 fully saturated rings. The van der Waals surface area contributed by atoms with Crippen LogP contribution < -0.4 is 4.90 Å². The van der Waals surface area contributed by atoms with E-state index < -0.39 is 0 Å². The third-order valence-corrected chi connectivity index (χ3v) is 2.87. The van der Waals surface area contributed by atoms with Gasteiger partial charge in [0.25, 0.3) is 0 Å². The van der Waals surface area contributed by atoms with E-state index in [-0.39, 0.29) is 0 Å². The molecule has 0 atom stereocenters. The number of hydrogen-bond donors (Lipinski definition) is 0. The van der Waals surface area contributed by atoms with Gasteiger partial charge in [-0.1, -0.05) is 6.58 Å². The van der Waals surface area contributed by atoms with E-state index in [4.69, 9.17) is 0 Å². The Labute approximate surface area is 91.6 Å². The Morgan fingerprint density at radius 2 is 2.00 bits per heavy atom. The van der Waals surface area contributed by atoms with Crippen molar-refractivity contribution in [1.29, 1.82) is 0 Å². The van der Waals surface area contributed by atoms with Gasteiger partial charge in [-0.3, -0.25) is 0 Å². The average Bonchev–Trinajstić information content (AvgIpc) is 2.29. The van der Waals surface area contributed by atoms with Crippen LogP contribution in [-0.2, 0) is 0 Å². The van der Waals surface area contributed by atoms with E-state index in [1.807, 2.05) is 6.08 Å². The zero-order valence-corrected chi connectivity index (χ0v) is 9.37. The highest BCUT2D eigenvalue weighted by atomic mass is 15.2. The van der Waals surface area contributed by atoms with Gasteiger partial charge in [0.15, 0.2) is 0 Å². The van der Waals surface area contributed by atoms with Gasteiger partial charge in [-0.15, -0.1) is 0 Å². The van der Waals surface area contributed by atoms with Crippen molar-refractivity contribution in [2.45, 2.75) is 26.2 Å². The van der Waals surface area contributed by atoms with Gasteiger partial charge < -0.3 is 4.90 Å². The third kappa shape index (κ3) is 2.38. The number of rotatable bonds is 2. The first-order valence-electron chi connectivity index (χ1n) is 5.65. The summed E-state index contributed by atoms with van der Waals surface area (Å²) in [5, 5.41) is 0. The lowest BCUT2D eigenvalue weighted by atomic mass is 10.1. The molecule has 2 nitrogen and oxygen atoms in total. The largest absolute Gasteiger partial charge is 0.357 e. The number of nitrogens with zero attached hydrogens (tertiary/aromatic N) is 2. The van der Waals surface area contributed by atoms with Gasteiger partial charge in [-0.25, -0.2) is 4.98 Å². The van der Waals surface area contributed by atoms with Crippen molar-refractivity contribution in [3.05, 3.63) is 30.0 Å². The van der Waals surface area contributed by atoms with Crippen molar-refractivity contribution in [3.8, 4) is 0 Å². The molecule has 2 rings (SSSR count). The minimum atomic E-state index is 0.982. The van der Waals surface area contributed by atoms with Gasteiger partial charge in [0, 0.05) is 13.1 Å². The van der Waals surface area contributed by atoms with Crippen molar-refractivity contribution in [3.63, 3.8) is 0 Å². The highest BCUT2D eigenvalue weighted by Crippen LogP contribution is 2.19. The van der Waals surface area contributed by atoms with Crippen LogP contribution in [0.4, 0.5) is 5.82 Å². The van der Waals surface area contributed by atoms with E-state index in [9.17, 15) is 0 Å². The summed E-state index contributed by atoms with van der Waals surface area (Å²) in [6.45, 7) is 8.18. The molecular weight excluding hydrogens is 184 g/mol. The maximum Gasteiger partial charge on any atom is 0.129 e. The molecule has 15 heavy (non-hydrogen) atoms. The molecule has 1 saturated heterocycles. The van der Waals surface area contributed by atoms with Crippen molar-refractivity contribution in [1.82, 2.24) is 4.98 Å². The molecule has 0 spiro atoms. The molecule has 0 amide bonds. The lowest BCUT2D eigenvalue weighted by molar-refractivity contribution is 0.573. The zero-order valence-electron chi connectivity index (χ0n) is 9.37. The van der Waals surface area contributed by atoms with E-state index in [2.05, 4.69) is 35.5 Å². The maximum absolute atomic E-state index is 4.58. The van der Waals surface area contributed by atoms with Crippen LogP contribution in [0.2, 0.25) is 0 Å². The molecule has 0 radical (unpaired) electrons. The molecule has 1 aliphatic heterocycles. The first kappa shape index (κ1) is 10.2. The summed E-state index contributed by atoms with van der Waals surface area (Å²) in [6.07, 6.45) is 5.76. The minimum Gasteiger partial charge on any atom is -0.357 e. The van der Waals surface area contributed by atoms with Crippen LogP contribution in [0.25, 0.3) is 6.08 Å². The molecule has 0 aliphatic carbocycles. The van der Waals surface area contributed by atoms with E-state index >= 15 is 0 Å². The van der Waals surface area contributed by atoms with E-state index in [0.29, 0.717) is 0 Å². The average molecular weight is 202 g/mol. The van der Waals surface area contributed by atoms with Crippen molar-refractivity contribution < 1.29 is 0 Å². The van der Waals surface area contributed by atoms with Crippen LogP contribution in [0.1, 0.15) is 30.5 Å². The summed E-state index contributed by atoms with van der Waals surface area (Å²) in [7, 11) is 0. The Morgan fingerprint density at radius 3 is 2.67 bits per heavy atom. The second-order valence-corrected chi connectivity index (χ2v) is 4.18. The molecule has 0 N–H and O–H groups in total. The molecule has 0 aromatic carbocycles. The van der Waals surface area contributed by atoms with Gasteiger partial charge in [0.05, 0.1) is 5.69 Å². The summed E-state index contributed by atoms with van der Waals surface area (Å²) in [6, 6.07) is 4.23. The lowest BCUT2D eigenvalue weighted by Gasteiger charge is -2.28. The van der Waals surface area contributed by atoms with Crippen LogP contribution >= 0.6 is 0 Å². The van der Waals surface area contributed by atoms with E-state index in [0.717, 1.165) is 24.6 Å². The Hall–Kier alpha value is -1.31. The molecule has 1 aromatic rings. The number of anilines is 1. The van der Waals surface area contributed by atoms with Crippen LogP contribution in [0.15, 0.2) is 18.7 Å². The second kappa shape index (κ2) is 4.47. The van der Waals surface area contributed by atoms with Crippen molar-refractivity contribution in [2.24, 2.45) is 0 Å². The monoisotopic (exact) mass is 202 g/mol. The summed E-state index contributed by atoms with van der Waals surface area (Å²) in [4.78, 5) is 6.96. The number of aromatic nitrogens is 1. The fourth-order valence-corrected chi connectivity index (χ4v) is 2.06. The number of piperidine rings is 1. The highest BCUT2D eigenvalue weighted by molar-refractivity contribution is 5.50. The van der Waals surface area contributed by atoms with Crippen LogP contribution in [0.3, 0.4) is 0 Å². The topological polar surface area (TPSA) is 16.1 Å². The fourth-order valence-electron chi connectivity index (χ4n) is 2.06. The smallest absolute Gasteiger partial charge is 0.129 e. The number of aryl methyl sites for hydroxylation is 1. The Bertz CT molecular complexity index is 352. The molecular formula is C13H18N2. The summed E-state index contributed by atoms with van der Waals surface area (Å²) in [5.74, 6) is 1.12. The van der Waals surface area contributed by atoms with Crippen LogP contribution in [-0.4, -0.2) is 18.1 Å². The number of pyridine rings is 1. The first-order valence-corrected chi connectivity index (χ1v) is 5.65. The molecule has 1 aromatic heterocycles. The van der Waals surface area contributed by atoms with Gasteiger partial charge in [-0.05, 0) is 50.0 Å². The highest BCUT2D eigenvalue weighted by Gasteiger charge is 2.12. The molecule has 2 heterocycles. The zero-order chi connectivity index (χ0) is 10.7. The standard InChI is InChI=1S/C13H18N2/c1-3-12-9-11(2)10-13(14-12)15-7-5-4-6-8-15/h3,9-10H,1,4-8H2,2H3. The summed E-state index contributed by atoms with van der Waals surface area (Å²) in [5.41, 5.74) is 2.25. The number of hydrogen-bond acceptors (Lipinski definition) is 2. The van der Waals surface area contributed by atoms with Crippen LogP contribution in [0, 0.1) is 6.92 Å². The Morgan fingerprint density at radius 1 is 1.27 bits per heavy atom. The summed E-state index contributed by atoms with van der Waals surface area (Å²) < 4.78 is 0. The third-order valence-electron chi connectivity index (χ3n) is 2.87. The Balaban J connectivity index is 2.25. The normalized spacial score (nSPS) is 16.5. The van der Waals surface area contributed by atoms with Gasteiger partial charge in [0.2, 0.25) is 0 Å². The lowest BCUT2D eigenvalue weighted by Crippen LogP contribution is -2.30. The molecule has 0 unspecified atom stereocenters. The first-order chi connectivity index (χ1) is 7.29. The maximum atomic E-state index is 4.58.